The van der Waals surface area contributed by atoms with E-state index in [0.717, 1.165) is 0 Å². The number of hydrogen-bond donors (Lipinski definition) is 2. The maximum absolute atomic E-state index is 12.2. The van der Waals surface area contributed by atoms with Gasteiger partial charge in [-0.05, 0) is 53.3 Å². The van der Waals surface area contributed by atoms with E-state index in [0.29, 0.717) is 25.5 Å². The van der Waals surface area contributed by atoms with E-state index in [-0.39, 0.29) is 18.9 Å². The van der Waals surface area contributed by atoms with Crippen LogP contribution in [0, 0.1) is 3.57 Å². The molecule has 1 aliphatic rings. The lowest BCUT2D eigenvalue weighted by atomic mass is 10.1. The van der Waals surface area contributed by atoms with E-state index in [2.05, 4.69) is 5.32 Å². The van der Waals surface area contributed by atoms with Crippen LogP contribution in [0.3, 0.4) is 0 Å². The van der Waals surface area contributed by atoms with E-state index >= 15 is 0 Å². The first-order chi connectivity index (χ1) is 13.3. The van der Waals surface area contributed by atoms with Gasteiger partial charge in [-0.2, -0.15) is 0 Å². The van der Waals surface area contributed by atoms with Crippen LogP contribution in [0.15, 0.2) is 17.8 Å². The predicted molar refractivity (Wildman–Crippen MR) is 104 cm³/mol. The van der Waals surface area contributed by atoms with Crippen molar-refractivity contribution in [1.29, 1.82) is 0 Å². The number of carbonyl (C=O) groups excluding carboxylic acids is 3. The Hall–Kier alpha value is -2.83. The number of benzene rings is 1. The lowest BCUT2D eigenvalue weighted by Gasteiger charge is -2.13. The zero-order valence-corrected chi connectivity index (χ0v) is 17.1. The number of amides is 3. The maximum Gasteiger partial charge on any atom is 0.344 e. The van der Waals surface area contributed by atoms with Gasteiger partial charge in [0.05, 0.1) is 17.3 Å². The van der Waals surface area contributed by atoms with Crippen LogP contribution in [0.4, 0.5) is 4.79 Å². The number of hydrogen-bond acceptors (Lipinski definition) is 7. The number of ether oxygens (including phenoxy) is 3. The van der Waals surface area contributed by atoms with E-state index in [1.54, 1.807) is 19.1 Å². The molecule has 0 aliphatic carbocycles. The highest BCUT2D eigenvalue weighted by Gasteiger charge is 2.34. The molecule has 150 valence electrons. The Morgan fingerprint density at radius 2 is 2.04 bits per heavy atom. The third-order valence-electron chi connectivity index (χ3n) is 3.46. The summed E-state index contributed by atoms with van der Waals surface area (Å²) in [5, 5.41) is 11.1. The lowest BCUT2D eigenvalue weighted by molar-refractivity contribution is -0.145. The number of urea groups is 1. The smallest absolute Gasteiger partial charge is 0.344 e. The first-order valence-electron chi connectivity index (χ1n) is 7.99. The Balaban J connectivity index is 2.25. The lowest BCUT2D eigenvalue weighted by Crippen LogP contribution is -2.35. The third-order valence-corrected chi connectivity index (χ3v) is 4.26. The van der Waals surface area contributed by atoms with Gasteiger partial charge in [0.1, 0.15) is 12.2 Å². The second-order valence-electron chi connectivity index (χ2n) is 5.40. The molecule has 1 saturated heterocycles. The molecule has 2 rings (SSSR count). The summed E-state index contributed by atoms with van der Waals surface area (Å²) in [4.78, 5) is 46.8. The largest absolute Gasteiger partial charge is 0.493 e. The fraction of sp³-hybridized carbons (Fsp3) is 0.294. The van der Waals surface area contributed by atoms with Crippen molar-refractivity contribution in [2.24, 2.45) is 0 Å². The van der Waals surface area contributed by atoms with Gasteiger partial charge in [-0.1, -0.05) is 0 Å². The highest BCUT2D eigenvalue weighted by atomic mass is 127. The summed E-state index contributed by atoms with van der Waals surface area (Å²) in [5.74, 6) is -1.94. The normalized spacial score (nSPS) is 14.8. The third kappa shape index (κ3) is 5.12. The van der Waals surface area contributed by atoms with Crippen LogP contribution in [0.25, 0.3) is 6.08 Å². The number of carboxylic acids is 1. The van der Waals surface area contributed by atoms with Crippen molar-refractivity contribution < 1.29 is 38.5 Å². The fourth-order valence-electron chi connectivity index (χ4n) is 2.31. The minimum atomic E-state index is -1.30. The number of nitrogens with zero attached hydrogens (tertiary/aromatic N) is 1. The molecular formula is C17H17IN2O8. The molecular weight excluding hydrogens is 487 g/mol. The Labute approximate surface area is 173 Å². The molecule has 0 bridgehead atoms. The summed E-state index contributed by atoms with van der Waals surface area (Å²) in [7, 11) is 1.41. The molecule has 1 aromatic carbocycles. The van der Waals surface area contributed by atoms with Gasteiger partial charge in [-0.3, -0.25) is 9.59 Å². The summed E-state index contributed by atoms with van der Waals surface area (Å²) >= 11 is 1.97. The monoisotopic (exact) mass is 504 g/mol. The van der Waals surface area contributed by atoms with Gasteiger partial charge in [0, 0.05) is 0 Å². The summed E-state index contributed by atoms with van der Waals surface area (Å²) in [6, 6.07) is 2.39. The van der Waals surface area contributed by atoms with Gasteiger partial charge >= 0.3 is 18.0 Å². The van der Waals surface area contributed by atoms with Crippen molar-refractivity contribution in [3.05, 3.63) is 27.0 Å². The topological polar surface area (TPSA) is 131 Å². The van der Waals surface area contributed by atoms with E-state index in [4.69, 9.17) is 19.3 Å². The molecule has 0 unspecified atom stereocenters. The summed E-state index contributed by atoms with van der Waals surface area (Å²) in [5.41, 5.74) is 0.440. The number of carboxylic acid groups (broad SMARTS) is 1. The summed E-state index contributed by atoms with van der Waals surface area (Å²) in [6.45, 7) is 0.898. The number of imide groups is 1. The molecule has 0 saturated carbocycles. The Morgan fingerprint density at radius 1 is 1.32 bits per heavy atom. The number of nitrogens with one attached hydrogen (secondary N) is 1. The average Bonchev–Trinajstić information content (AvgIpc) is 2.87. The van der Waals surface area contributed by atoms with Crippen LogP contribution in [-0.2, 0) is 19.1 Å². The van der Waals surface area contributed by atoms with Crippen molar-refractivity contribution in [3.63, 3.8) is 0 Å². The second-order valence-corrected chi connectivity index (χ2v) is 6.56. The zero-order valence-electron chi connectivity index (χ0n) is 15.0. The number of halogens is 1. The number of methoxy groups -OCH3 is 1. The van der Waals surface area contributed by atoms with E-state index in [1.165, 1.54) is 13.2 Å². The highest BCUT2D eigenvalue weighted by molar-refractivity contribution is 14.1. The van der Waals surface area contributed by atoms with E-state index < -0.39 is 30.4 Å². The van der Waals surface area contributed by atoms with E-state index in [1.807, 2.05) is 22.6 Å². The zero-order chi connectivity index (χ0) is 20.8. The van der Waals surface area contributed by atoms with Crippen LogP contribution in [0.2, 0.25) is 0 Å². The Morgan fingerprint density at radius 3 is 2.64 bits per heavy atom. The molecule has 1 fully saturated rings. The van der Waals surface area contributed by atoms with Crippen molar-refractivity contribution in [3.8, 4) is 11.5 Å². The molecule has 0 radical (unpaired) electrons. The Bertz CT molecular complexity index is 852. The van der Waals surface area contributed by atoms with Gasteiger partial charge < -0.3 is 24.6 Å². The number of aliphatic carboxylic acids is 1. The number of carbonyl (C=O) groups is 4. The van der Waals surface area contributed by atoms with Gasteiger partial charge in [0.2, 0.25) is 0 Å². The number of esters is 1. The molecule has 28 heavy (non-hydrogen) atoms. The average molecular weight is 504 g/mol. The molecule has 10 nitrogen and oxygen atoms in total. The van der Waals surface area contributed by atoms with Gasteiger partial charge in [-0.25, -0.2) is 14.5 Å². The van der Waals surface area contributed by atoms with Crippen molar-refractivity contribution in [1.82, 2.24) is 10.2 Å². The minimum absolute atomic E-state index is 0.0655. The van der Waals surface area contributed by atoms with Crippen LogP contribution in [0.1, 0.15) is 12.5 Å². The summed E-state index contributed by atoms with van der Waals surface area (Å²) in [6.07, 6.45) is 1.39. The van der Waals surface area contributed by atoms with Crippen LogP contribution < -0.4 is 14.8 Å². The molecule has 1 aromatic rings. The first-order valence-corrected chi connectivity index (χ1v) is 9.07. The molecule has 0 spiro atoms. The number of rotatable bonds is 8. The molecule has 0 atom stereocenters. The second kappa shape index (κ2) is 9.39. The van der Waals surface area contributed by atoms with Crippen molar-refractivity contribution >= 4 is 52.5 Å². The Kier molecular flexibility index (Phi) is 7.20. The SMILES string of the molecule is CCOC(=O)COc1c(I)cc(/C=C2/NC(=O)N(CC(=O)O)C2=O)cc1OC. The molecule has 1 aliphatic heterocycles. The van der Waals surface area contributed by atoms with Crippen LogP contribution >= 0.6 is 22.6 Å². The van der Waals surface area contributed by atoms with Crippen LogP contribution in [0.5, 0.6) is 11.5 Å². The van der Waals surface area contributed by atoms with Crippen LogP contribution in [-0.4, -0.2) is 60.8 Å². The highest BCUT2D eigenvalue weighted by Crippen LogP contribution is 2.34. The maximum atomic E-state index is 12.2. The van der Waals surface area contributed by atoms with Crippen molar-refractivity contribution in [2.75, 3.05) is 26.9 Å². The molecule has 11 heteroatoms. The fourth-order valence-corrected chi connectivity index (χ4v) is 3.10. The summed E-state index contributed by atoms with van der Waals surface area (Å²) < 4.78 is 16.1. The van der Waals surface area contributed by atoms with E-state index in [9.17, 15) is 19.2 Å². The quantitative estimate of drug-likeness (QED) is 0.234. The minimum Gasteiger partial charge on any atom is -0.493 e. The molecule has 1 heterocycles. The predicted octanol–water partition coefficient (Wildman–Crippen LogP) is 1.22. The van der Waals surface area contributed by atoms with Crippen molar-refractivity contribution in [2.45, 2.75) is 6.92 Å². The standard InChI is InChI=1S/C17H17IN2O8/c1-3-27-14(23)8-28-15-10(18)4-9(6-12(15)26-2)5-11-16(24)20(7-13(21)22)17(25)19-11/h4-6H,3,7-8H2,1-2H3,(H,19,25)(H,21,22)/b11-5+. The molecule has 3 amide bonds. The first kappa shape index (κ1) is 21.5. The van der Waals surface area contributed by atoms with Gasteiger partial charge in [-0.15, -0.1) is 0 Å². The van der Waals surface area contributed by atoms with Gasteiger partial charge in [0.25, 0.3) is 5.91 Å². The van der Waals surface area contributed by atoms with Gasteiger partial charge in [0.15, 0.2) is 18.1 Å². The molecule has 2 N–H and O–H groups in total. The molecule has 0 aromatic heterocycles.